The average Bonchev–Trinajstić information content (AvgIpc) is 2.74. The quantitative estimate of drug-likeness (QED) is 0.916. The van der Waals surface area contributed by atoms with Gasteiger partial charge in [-0.05, 0) is 42.8 Å². The third-order valence-electron chi connectivity index (χ3n) is 2.42. The highest BCUT2D eigenvalue weighted by atomic mass is 79.9. The number of hydrogen-bond acceptors (Lipinski definition) is 3. The molecule has 0 unspecified atom stereocenters. The molecule has 0 aliphatic heterocycles. The Bertz CT molecular complexity index is 528. The fraction of sp³-hybridized carbons (Fsp3) is 0.385. The number of hydrogen-bond donors (Lipinski definition) is 2. The number of pyridine rings is 1. The Labute approximate surface area is 115 Å². The van der Waals surface area contributed by atoms with E-state index in [1.807, 2.05) is 12.3 Å². The lowest BCUT2D eigenvalue weighted by Gasteiger charge is -2.19. The van der Waals surface area contributed by atoms with Crippen LogP contribution < -0.4 is 5.32 Å². The maximum absolute atomic E-state index is 4.37. The highest BCUT2D eigenvalue weighted by molar-refractivity contribution is 9.10. The molecule has 0 fully saturated rings. The van der Waals surface area contributed by atoms with Gasteiger partial charge >= 0.3 is 0 Å². The summed E-state index contributed by atoms with van der Waals surface area (Å²) in [6.45, 7) is 7.20. The van der Waals surface area contributed by atoms with E-state index in [2.05, 4.69) is 57.0 Å². The van der Waals surface area contributed by atoms with Gasteiger partial charge < -0.3 is 10.3 Å². The Morgan fingerprint density at radius 3 is 2.72 bits per heavy atom. The molecule has 0 bridgehead atoms. The summed E-state index contributed by atoms with van der Waals surface area (Å²) in [5, 5.41) is 3.42. The lowest BCUT2D eigenvalue weighted by atomic mass is 10.1. The average molecular weight is 309 g/mol. The molecule has 2 aromatic heterocycles. The molecule has 0 spiro atoms. The number of nitrogens with one attached hydrogen (secondary N) is 2. The lowest BCUT2D eigenvalue weighted by molar-refractivity contribution is 0.422. The first-order valence-electron chi connectivity index (χ1n) is 5.84. The standard InChI is InChI=1S/C13H17BrN4/c1-13(2,3)17-8-11-7-16-12(18-11)9-4-10(14)6-15-5-9/h4-7,17H,8H2,1-3H3,(H,16,18). The number of aromatic amines is 1. The SMILES string of the molecule is CC(C)(C)NCc1cnc(-c2cncc(Br)c2)[nH]1. The van der Waals surface area contributed by atoms with Crippen LogP contribution in [0.25, 0.3) is 11.4 Å². The predicted molar refractivity (Wildman–Crippen MR) is 76.1 cm³/mol. The van der Waals surface area contributed by atoms with Gasteiger partial charge in [0.25, 0.3) is 0 Å². The Balaban J connectivity index is 2.11. The first kappa shape index (κ1) is 13.2. The Morgan fingerprint density at radius 2 is 2.06 bits per heavy atom. The fourth-order valence-electron chi connectivity index (χ4n) is 1.50. The van der Waals surface area contributed by atoms with Gasteiger partial charge in [0.15, 0.2) is 0 Å². The van der Waals surface area contributed by atoms with Crippen molar-refractivity contribution in [2.75, 3.05) is 0 Å². The normalized spacial score (nSPS) is 11.8. The molecule has 18 heavy (non-hydrogen) atoms. The third kappa shape index (κ3) is 3.65. The van der Waals surface area contributed by atoms with Gasteiger partial charge in [-0.25, -0.2) is 4.98 Å². The van der Waals surface area contributed by atoms with E-state index in [1.165, 1.54) is 0 Å². The highest BCUT2D eigenvalue weighted by Gasteiger charge is 2.10. The van der Waals surface area contributed by atoms with Crippen molar-refractivity contribution >= 4 is 15.9 Å². The maximum atomic E-state index is 4.37. The van der Waals surface area contributed by atoms with Gasteiger partial charge in [-0.3, -0.25) is 4.98 Å². The summed E-state index contributed by atoms with van der Waals surface area (Å²) in [7, 11) is 0. The number of aromatic nitrogens is 3. The lowest BCUT2D eigenvalue weighted by Crippen LogP contribution is -2.35. The summed E-state index contributed by atoms with van der Waals surface area (Å²) < 4.78 is 0.950. The molecule has 0 atom stereocenters. The number of halogens is 1. The van der Waals surface area contributed by atoms with Crippen LogP contribution in [0, 0.1) is 0 Å². The van der Waals surface area contributed by atoms with Crippen LogP contribution in [0.5, 0.6) is 0 Å². The fourth-order valence-corrected chi connectivity index (χ4v) is 1.86. The van der Waals surface area contributed by atoms with Gasteiger partial charge in [-0.2, -0.15) is 0 Å². The molecule has 0 saturated heterocycles. The minimum absolute atomic E-state index is 0.0998. The van der Waals surface area contributed by atoms with E-state index in [4.69, 9.17) is 0 Å². The van der Waals surface area contributed by atoms with Gasteiger partial charge in [0.05, 0.1) is 0 Å². The van der Waals surface area contributed by atoms with Crippen LogP contribution >= 0.6 is 15.9 Å². The summed E-state index contributed by atoms with van der Waals surface area (Å²) >= 11 is 3.41. The Hall–Kier alpha value is -1.20. The van der Waals surface area contributed by atoms with Crippen molar-refractivity contribution in [1.29, 1.82) is 0 Å². The van der Waals surface area contributed by atoms with Crippen LogP contribution in [0.2, 0.25) is 0 Å². The molecule has 0 aromatic carbocycles. The molecular weight excluding hydrogens is 292 g/mol. The van der Waals surface area contributed by atoms with Crippen molar-refractivity contribution in [2.45, 2.75) is 32.9 Å². The molecule has 0 aliphatic carbocycles. The summed E-state index contributed by atoms with van der Waals surface area (Å²) in [5.74, 6) is 0.842. The van der Waals surface area contributed by atoms with Crippen molar-refractivity contribution in [1.82, 2.24) is 20.3 Å². The van der Waals surface area contributed by atoms with E-state index in [-0.39, 0.29) is 5.54 Å². The summed E-state index contributed by atoms with van der Waals surface area (Å²) in [4.78, 5) is 11.8. The zero-order valence-electron chi connectivity index (χ0n) is 10.8. The maximum Gasteiger partial charge on any atom is 0.139 e. The number of imidazole rings is 1. The molecule has 0 aliphatic rings. The Morgan fingerprint density at radius 1 is 1.28 bits per heavy atom. The molecule has 0 amide bonds. The molecule has 0 radical (unpaired) electrons. The second-order valence-corrected chi connectivity index (χ2v) is 6.17. The molecule has 2 aromatic rings. The molecule has 2 heterocycles. The van der Waals surface area contributed by atoms with Crippen molar-refractivity contribution in [2.24, 2.45) is 0 Å². The van der Waals surface area contributed by atoms with Crippen molar-refractivity contribution in [3.63, 3.8) is 0 Å². The van der Waals surface area contributed by atoms with E-state index in [9.17, 15) is 0 Å². The zero-order valence-corrected chi connectivity index (χ0v) is 12.4. The van der Waals surface area contributed by atoms with E-state index >= 15 is 0 Å². The molecule has 2 N–H and O–H groups in total. The first-order chi connectivity index (χ1) is 8.44. The van der Waals surface area contributed by atoms with Crippen molar-refractivity contribution in [3.05, 3.63) is 34.8 Å². The van der Waals surface area contributed by atoms with E-state index in [0.29, 0.717) is 0 Å². The smallest absolute Gasteiger partial charge is 0.139 e. The van der Waals surface area contributed by atoms with E-state index < -0.39 is 0 Å². The number of H-pyrrole nitrogens is 1. The van der Waals surface area contributed by atoms with E-state index in [1.54, 1.807) is 12.4 Å². The molecule has 4 nitrogen and oxygen atoms in total. The minimum Gasteiger partial charge on any atom is -0.341 e. The summed E-state index contributed by atoms with van der Waals surface area (Å²) in [6, 6.07) is 1.99. The van der Waals surface area contributed by atoms with Crippen LogP contribution in [-0.4, -0.2) is 20.5 Å². The summed E-state index contributed by atoms with van der Waals surface area (Å²) in [5.41, 5.74) is 2.15. The summed E-state index contributed by atoms with van der Waals surface area (Å²) in [6.07, 6.45) is 5.41. The van der Waals surface area contributed by atoms with Gasteiger partial charge in [-0.15, -0.1) is 0 Å². The third-order valence-corrected chi connectivity index (χ3v) is 2.85. The molecular formula is C13H17BrN4. The molecule has 96 valence electrons. The van der Waals surface area contributed by atoms with Gasteiger partial charge in [0.2, 0.25) is 0 Å². The van der Waals surface area contributed by atoms with Gasteiger partial charge in [-0.1, -0.05) is 0 Å². The van der Waals surface area contributed by atoms with Gasteiger partial charge in [0.1, 0.15) is 5.82 Å². The highest BCUT2D eigenvalue weighted by Crippen LogP contribution is 2.18. The second kappa shape index (κ2) is 5.20. The van der Waals surface area contributed by atoms with Crippen LogP contribution in [0.4, 0.5) is 0 Å². The molecule has 2 rings (SSSR count). The van der Waals surface area contributed by atoms with Crippen LogP contribution in [-0.2, 0) is 6.54 Å². The van der Waals surface area contributed by atoms with Crippen LogP contribution in [0.1, 0.15) is 26.5 Å². The first-order valence-corrected chi connectivity index (χ1v) is 6.63. The molecule has 0 saturated carbocycles. The topological polar surface area (TPSA) is 53.6 Å². The minimum atomic E-state index is 0.0998. The molecule has 5 heteroatoms. The van der Waals surface area contributed by atoms with E-state index in [0.717, 1.165) is 28.1 Å². The number of nitrogens with zero attached hydrogens (tertiary/aromatic N) is 2. The predicted octanol–water partition coefficient (Wildman–Crippen LogP) is 3.12. The zero-order chi connectivity index (χ0) is 13.2. The largest absolute Gasteiger partial charge is 0.341 e. The van der Waals surface area contributed by atoms with Crippen molar-refractivity contribution < 1.29 is 0 Å². The van der Waals surface area contributed by atoms with Crippen molar-refractivity contribution in [3.8, 4) is 11.4 Å². The Kier molecular flexibility index (Phi) is 3.82. The van der Waals surface area contributed by atoms with Crippen LogP contribution in [0.3, 0.4) is 0 Å². The second-order valence-electron chi connectivity index (χ2n) is 5.25. The van der Waals surface area contributed by atoms with Gasteiger partial charge in [0, 0.05) is 46.4 Å². The monoisotopic (exact) mass is 308 g/mol. The number of rotatable bonds is 3. The van der Waals surface area contributed by atoms with Crippen LogP contribution in [0.15, 0.2) is 29.1 Å².